The van der Waals surface area contributed by atoms with E-state index >= 15 is 0 Å². The fourth-order valence-corrected chi connectivity index (χ4v) is 2.09. The van der Waals surface area contributed by atoms with E-state index in [9.17, 15) is 0 Å². The average Bonchev–Trinajstić information content (AvgIpc) is 3.09. The van der Waals surface area contributed by atoms with Gasteiger partial charge in [-0.3, -0.25) is 0 Å². The van der Waals surface area contributed by atoms with Gasteiger partial charge in [-0.25, -0.2) is 4.98 Å². The van der Waals surface area contributed by atoms with Gasteiger partial charge in [0.2, 0.25) is 0 Å². The first-order valence-corrected chi connectivity index (χ1v) is 5.97. The maximum atomic E-state index is 8.89. The highest BCUT2D eigenvalue weighted by atomic mass is 15.0. The Labute approximate surface area is 102 Å². The summed E-state index contributed by atoms with van der Waals surface area (Å²) in [7, 11) is 0. The van der Waals surface area contributed by atoms with Crippen molar-refractivity contribution in [2.24, 2.45) is 11.3 Å². The minimum absolute atomic E-state index is 0.400. The predicted molar refractivity (Wildman–Crippen MR) is 68.4 cm³/mol. The molecule has 0 spiro atoms. The molecule has 90 valence electrons. The summed E-state index contributed by atoms with van der Waals surface area (Å²) in [5.41, 5.74) is 7.21. The largest absolute Gasteiger partial charge is 0.395 e. The molecule has 0 aromatic carbocycles. The number of hydrogen-bond donors (Lipinski definition) is 2. The molecule has 0 amide bonds. The molecule has 1 fully saturated rings. The topological polar surface area (TPSA) is 74.7 Å². The van der Waals surface area contributed by atoms with E-state index in [1.165, 1.54) is 12.8 Å². The van der Waals surface area contributed by atoms with Gasteiger partial charge in [-0.2, -0.15) is 5.26 Å². The van der Waals surface area contributed by atoms with Crippen LogP contribution in [0.5, 0.6) is 0 Å². The molecule has 0 atom stereocenters. The Morgan fingerprint density at radius 2 is 2.29 bits per heavy atom. The average molecular weight is 230 g/mol. The highest BCUT2D eigenvalue weighted by Gasteiger charge is 2.45. The van der Waals surface area contributed by atoms with Crippen LogP contribution in [0.2, 0.25) is 0 Å². The molecule has 0 bridgehead atoms. The lowest BCUT2D eigenvalue weighted by atomic mass is 9.92. The Balaban J connectivity index is 2.08. The highest BCUT2D eigenvalue weighted by molar-refractivity contribution is 5.68. The van der Waals surface area contributed by atoms with Gasteiger partial charge in [0, 0.05) is 12.7 Å². The van der Waals surface area contributed by atoms with Crippen LogP contribution in [-0.4, -0.2) is 11.5 Å². The molecule has 0 saturated heterocycles. The molecule has 1 aromatic heterocycles. The Bertz CT molecular complexity index is 455. The maximum Gasteiger partial charge on any atom is 0.150 e. The van der Waals surface area contributed by atoms with Crippen LogP contribution in [-0.2, 0) is 0 Å². The van der Waals surface area contributed by atoms with Crippen LogP contribution in [0.25, 0.3) is 0 Å². The van der Waals surface area contributed by atoms with Crippen molar-refractivity contribution in [2.45, 2.75) is 26.7 Å². The lowest BCUT2D eigenvalue weighted by molar-refractivity contribution is 0.380. The van der Waals surface area contributed by atoms with Gasteiger partial charge in [-0.15, -0.1) is 0 Å². The summed E-state index contributed by atoms with van der Waals surface area (Å²) in [6.07, 6.45) is 4.14. The van der Waals surface area contributed by atoms with Crippen LogP contribution in [0.4, 0.5) is 11.5 Å². The van der Waals surface area contributed by atoms with Gasteiger partial charge in [0.15, 0.2) is 5.82 Å². The van der Waals surface area contributed by atoms with Crippen LogP contribution in [0, 0.1) is 22.7 Å². The first-order valence-electron chi connectivity index (χ1n) is 5.97. The summed E-state index contributed by atoms with van der Waals surface area (Å²) in [6.45, 7) is 5.38. The summed E-state index contributed by atoms with van der Waals surface area (Å²) < 4.78 is 0. The van der Waals surface area contributed by atoms with Gasteiger partial charge in [0.1, 0.15) is 6.07 Å². The minimum atomic E-state index is 0.400. The van der Waals surface area contributed by atoms with Crippen LogP contribution in [0.1, 0.15) is 32.3 Å². The number of nitrogens with two attached hydrogens (primary N) is 1. The number of hydrogen-bond acceptors (Lipinski definition) is 4. The zero-order chi connectivity index (χ0) is 12.5. The number of nitrogen functional groups attached to an aromatic ring is 1. The number of nitrogens with zero attached hydrogens (tertiary/aromatic N) is 2. The van der Waals surface area contributed by atoms with Crippen LogP contribution >= 0.6 is 0 Å². The number of pyridine rings is 1. The van der Waals surface area contributed by atoms with E-state index in [1.807, 2.05) is 0 Å². The standard InChI is InChI=1S/C13H18N4/c1-9(2)13(4-5-13)8-17-12-11(15)10(7-14)3-6-16-12/h3,6,9H,4-5,8,15H2,1-2H3,(H,16,17). The van der Waals surface area contributed by atoms with E-state index in [2.05, 4.69) is 30.2 Å². The Hall–Kier alpha value is -1.76. The molecule has 1 aliphatic rings. The molecule has 1 saturated carbocycles. The second-order valence-electron chi connectivity index (χ2n) is 5.10. The lowest BCUT2D eigenvalue weighted by Crippen LogP contribution is -2.22. The Morgan fingerprint density at radius 1 is 1.59 bits per heavy atom. The first-order chi connectivity index (χ1) is 8.09. The third-order valence-corrected chi connectivity index (χ3v) is 3.84. The van der Waals surface area contributed by atoms with Crippen molar-refractivity contribution in [3.05, 3.63) is 17.8 Å². The van der Waals surface area contributed by atoms with Crippen molar-refractivity contribution in [1.82, 2.24) is 4.98 Å². The summed E-state index contributed by atoms with van der Waals surface area (Å²) >= 11 is 0. The van der Waals surface area contributed by atoms with Crippen molar-refractivity contribution in [3.8, 4) is 6.07 Å². The predicted octanol–water partition coefficient (Wildman–Crippen LogP) is 2.38. The number of nitrogens with one attached hydrogen (secondary N) is 1. The molecule has 0 aliphatic heterocycles. The van der Waals surface area contributed by atoms with Crippen LogP contribution < -0.4 is 11.1 Å². The monoisotopic (exact) mass is 230 g/mol. The van der Waals surface area contributed by atoms with Gasteiger partial charge in [0.05, 0.1) is 11.3 Å². The highest BCUT2D eigenvalue weighted by Crippen LogP contribution is 2.51. The van der Waals surface area contributed by atoms with Crippen LogP contribution in [0.3, 0.4) is 0 Å². The molecule has 1 heterocycles. The van der Waals surface area contributed by atoms with E-state index < -0.39 is 0 Å². The number of aromatic nitrogens is 1. The normalized spacial score (nSPS) is 16.6. The quantitative estimate of drug-likeness (QED) is 0.832. The Kier molecular flexibility index (Phi) is 2.93. The van der Waals surface area contributed by atoms with E-state index in [1.54, 1.807) is 12.3 Å². The smallest absolute Gasteiger partial charge is 0.150 e. The van der Waals surface area contributed by atoms with Gasteiger partial charge < -0.3 is 11.1 Å². The first kappa shape index (κ1) is 11.7. The molecule has 1 aliphatic carbocycles. The molecule has 4 nitrogen and oxygen atoms in total. The summed E-state index contributed by atoms with van der Waals surface area (Å²) in [6, 6.07) is 3.70. The molecule has 17 heavy (non-hydrogen) atoms. The molecular weight excluding hydrogens is 212 g/mol. The SMILES string of the molecule is CC(C)C1(CNc2nccc(C#N)c2N)CC1. The van der Waals surface area contributed by atoms with Crippen LogP contribution in [0.15, 0.2) is 12.3 Å². The molecule has 2 rings (SSSR count). The second-order valence-corrected chi connectivity index (χ2v) is 5.10. The molecule has 3 N–H and O–H groups in total. The number of rotatable bonds is 4. The third kappa shape index (κ3) is 2.19. The van der Waals surface area contributed by atoms with E-state index in [4.69, 9.17) is 11.0 Å². The second kappa shape index (κ2) is 4.25. The molecule has 4 heteroatoms. The van der Waals surface area contributed by atoms with Gasteiger partial charge >= 0.3 is 0 Å². The number of nitriles is 1. The van der Waals surface area contributed by atoms with Gasteiger partial charge in [0.25, 0.3) is 0 Å². The van der Waals surface area contributed by atoms with Gasteiger partial charge in [-0.05, 0) is 30.2 Å². The zero-order valence-corrected chi connectivity index (χ0v) is 10.3. The van der Waals surface area contributed by atoms with Crippen molar-refractivity contribution in [1.29, 1.82) is 5.26 Å². The van der Waals surface area contributed by atoms with E-state index in [-0.39, 0.29) is 0 Å². The van der Waals surface area contributed by atoms with Crippen molar-refractivity contribution >= 4 is 11.5 Å². The summed E-state index contributed by atoms with van der Waals surface area (Å²) in [5, 5.41) is 12.2. The van der Waals surface area contributed by atoms with E-state index in [0.717, 1.165) is 6.54 Å². The van der Waals surface area contributed by atoms with Crippen molar-refractivity contribution in [2.75, 3.05) is 17.6 Å². The fourth-order valence-electron chi connectivity index (χ4n) is 2.09. The molecule has 0 unspecified atom stereocenters. The number of anilines is 2. The third-order valence-electron chi connectivity index (χ3n) is 3.84. The van der Waals surface area contributed by atoms with Crippen molar-refractivity contribution < 1.29 is 0 Å². The summed E-state index contributed by atoms with van der Waals surface area (Å²) in [4.78, 5) is 4.19. The zero-order valence-electron chi connectivity index (χ0n) is 10.3. The Morgan fingerprint density at radius 3 is 2.82 bits per heavy atom. The van der Waals surface area contributed by atoms with Gasteiger partial charge in [-0.1, -0.05) is 13.8 Å². The molecular formula is C13H18N4. The molecule has 0 radical (unpaired) electrons. The maximum absolute atomic E-state index is 8.89. The lowest BCUT2D eigenvalue weighted by Gasteiger charge is -2.20. The fraction of sp³-hybridized carbons (Fsp3) is 0.538. The minimum Gasteiger partial charge on any atom is -0.395 e. The molecule has 1 aromatic rings. The van der Waals surface area contributed by atoms with Crippen molar-refractivity contribution in [3.63, 3.8) is 0 Å². The summed E-state index contributed by atoms with van der Waals surface area (Å²) in [5.74, 6) is 1.30. The van der Waals surface area contributed by atoms with E-state index in [0.29, 0.717) is 28.4 Å².